The van der Waals surface area contributed by atoms with Gasteiger partial charge in [0, 0.05) is 13.1 Å². The Morgan fingerprint density at radius 1 is 1.67 bits per heavy atom. The Labute approximate surface area is 111 Å². The third-order valence-corrected chi connectivity index (χ3v) is 3.28. The summed E-state index contributed by atoms with van der Waals surface area (Å²) in [7, 11) is 0. The van der Waals surface area contributed by atoms with Crippen LogP contribution in [0, 0.1) is 5.92 Å². The van der Waals surface area contributed by atoms with Gasteiger partial charge in [0.15, 0.2) is 0 Å². The Bertz CT molecular complexity index is 469. The average molecular weight is 272 g/mol. The Balaban J connectivity index is 2.09. The van der Waals surface area contributed by atoms with Crippen LogP contribution in [0.15, 0.2) is 11.0 Å². The summed E-state index contributed by atoms with van der Waals surface area (Å²) in [5.74, 6) is 0.585. The van der Waals surface area contributed by atoms with Gasteiger partial charge in [0.2, 0.25) is 0 Å². The van der Waals surface area contributed by atoms with E-state index in [-0.39, 0.29) is 5.56 Å². The van der Waals surface area contributed by atoms with Gasteiger partial charge in [-0.15, -0.1) is 0 Å². The molecule has 0 bridgehead atoms. The molecule has 0 aromatic carbocycles. The van der Waals surface area contributed by atoms with Crippen LogP contribution in [0.2, 0.25) is 5.02 Å². The molecule has 1 atom stereocenters. The molecule has 1 aliphatic carbocycles. The molecule has 1 unspecified atom stereocenters. The van der Waals surface area contributed by atoms with E-state index in [1.165, 1.54) is 23.7 Å². The summed E-state index contributed by atoms with van der Waals surface area (Å²) in [6.07, 6.45) is 4.01. The minimum absolute atomic E-state index is 0.181. The molecule has 0 aliphatic heterocycles. The van der Waals surface area contributed by atoms with Gasteiger partial charge >= 0.3 is 0 Å². The number of rotatable bonds is 6. The third-order valence-electron chi connectivity index (χ3n) is 2.99. The number of anilines is 1. The fourth-order valence-corrected chi connectivity index (χ4v) is 1.90. The topological polar surface area (TPSA) is 67.2 Å². The Hall–Kier alpha value is -1.07. The molecule has 2 N–H and O–H groups in total. The SMILES string of the molecule is CC(O)CCNc1c(Cl)cnn(CC2CC2)c1=O. The number of nitrogens with one attached hydrogen (secondary N) is 1. The number of aliphatic hydroxyl groups excluding tert-OH is 1. The highest BCUT2D eigenvalue weighted by atomic mass is 35.5. The monoisotopic (exact) mass is 271 g/mol. The summed E-state index contributed by atoms with van der Waals surface area (Å²) in [5, 5.41) is 16.5. The second kappa shape index (κ2) is 5.71. The number of aromatic nitrogens is 2. The summed E-state index contributed by atoms with van der Waals surface area (Å²) < 4.78 is 1.47. The summed E-state index contributed by atoms with van der Waals surface area (Å²) in [4.78, 5) is 12.1. The minimum Gasteiger partial charge on any atom is -0.393 e. The van der Waals surface area contributed by atoms with E-state index < -0.39 is 6.10 Å². The molecule has 5 nitrogen and oxygen atoms in total. The van der Waals surface area contributed by atoms with Crippen LogP contribution >= 0.6 is 11.6 Å². The molecule has 6 heteroatoms. The molecule has 0 amide bonds. The van der Waals surface area contributed by atoms with E-state index in [9.17, 15) is 9.90 Å². The van der Waals surface area contributed by atoms with Crippen molar-refractivity contribution in [2.24, 2.45) is 5.92 Å². The summed E-state index contributed by atoms with van der Waals surface area (Å²) in [6.45, 7) is 2.89. The Morgan fingerprint density at radius 3 is 3.00 bits per heavy atom. The molecule has 1 aliphatic rings. The zero-order valence-electron chi connectivity index (χ0n) is 10.4. The molecule has 0 radical (unpaired) electrons. The maximum absolute atomic E-state index is 12.1. The number of aliphatic hydroxyl groups is 1. The van der Waals surface area contributed by atoms with Gasteiger partial charge in [-0.25, -0.2) is 4.68 Å². The lowest BCUT2D eigenvalue weighted by molar-refractivity contribution is 0.188. The second-order valence-corrected chi connectivity index (χ2v) is 5.27. The number of hydrogen-bond donors (Lipinski definition) is 2. The van der Waals surface area contributed by atoms with Crippen LogP contribution in [0.1, 0.15) is 26.2 Å². The molecule has 1 fully saturated rings. The van der Waals surface area contributed by atoms with E-state index in [0.29, 0.717) is 36.1 Å². The van der Waals surface area contributed by atoms with Gasteiger partial charge in [-0.1, -0.05) is 11.6 Å². The summed E-state index contributed by atoms with van der Waals surface area (Å²) >= 11 is 5.97. The molecular formula is C12H18ClN3O2. The van der Waals surface area contributed by atoms with Crippen molar-refractivity contribution in [2.45, 2.75) is 38.8 Å². The van der Waals surface area contributed by atoms with Crippen LogP contribution in [-0.2, 0) is 6.54 Å². The van der Waals surface area contributed by atoms with Crippen molar-refractivity contribution in [3.05, 3.63) is 21.6 Å². The predicted molar refractivity (Wildman–Crippen MR) is 71.0 cm³/mol. The van der Waals surface area contributed by atoms with Crippen LogP contribution < -0.4 is 10.9 Å². The normalized spacial score (nSPS) is 16.6. The summed E-state index contributed by atoms with van der Waals surface area (Å²) in [6, 6.07) is 0. The molecule has 1 aromatic rings. The van der Waals surface area contributed by atoms with E-state index in [1.807, 2.05) is 0 Å². The molecule has 2 rings (SSSR count). The molecule has 1 saturated carbocycles. The van der Waals surface area contributed by atoms with Crippen molar-refractivity contribution in [1.82, 2.24) is 9.78 Å². The van der Waals surface area contributed by atoms with Gasteiger partial charge < -0.3 is 10.4 Å². The molecule has 1 aromatic heterocycles. The maximum Gasteiger partial charge on any atom is 0.291 e. The molecule has 100 valence electrons. The number of nitrogens with zero attached hydrogens (tertiary/aromatic N) is 2. The molecule has 18 heavy (non-hydrogen) atoms. The first-order valence-electron chi connectivity index (χ1n) is 6.25. The largest absolute Gasteiger partial charge is 0.393 e. The minimum atomic E-state index is -0.396. The van der Waals surface area contributed by atoms with Crippen LogP contribution in [0.5, 0.6) is 0 Å². The number of hydrogen-bond acceptors (Lipinski definition) is 4. The first-order chi connectivity index (χ1) is 8.58. The van der Waals surface area contributed by atoms with Crippen molar-refractivity contribution in [1.29, 1.82) is 0 Å². The molecule has 0 spiro atoms. The zero-order chi connectivity index (χ0) is 13.1. The van der Waals surface area contributed by atoms with Crippen molar-refractivity contribution in [3.8, 4) is 0 Å². The Morgan fingerprint density at radius 2 is 2.39 bits per heavy atom. The first kappa shape index (κ1) is 13.4. The van der Waals surface area contributed by atoms with Gasteiger partial charge in [-0.3, -0.25) is 4.79 Å². The molecule has 1 heterocycles. The van der Waals surface area contributed by atoms with Crippen LogP contribution in [-0.4, -0.2) is 27.5 Å². The third kappa shape index (κ3) is 3.46. The Kier molecular flexibility index (Phi) is 4.24. The smallest absolute Gasteiger partial charge is 0.291 e. The quantitative estimate of drug-likeness (QED) is 0.823. The van der Waals surface area contributed by atoms with Gasteiger partial charge in [0.25, 0.3) is 5.56 Å². The standard InChI is InChI=1S/C12H18ClN3O2/c1-8(17)4-5-14-11-10(13)6-15-16(12(11)18)7-9-2-3-9/h6,8-9,14,17H,2-5,7H2,1H3. The fourth-order valence-electron chi connectivity index (χ4n) is 1.71. The van der Waals surface area contributed by atoms with E-state index >= 15 is 0 Å². The van der Waals surface area contributed by atoms with Gasteiger partial charge in [-0.05, 0) is 32.1 Å². The summed E-state index contributed by atoms with van der Waals surface area (Å²) in [5.41, 5.74) is 0.202. The van der Waals surface area contributed by atoms with E-state index in [1.54, 1.807) is 6.92 Å². The van der Waals surface area contributed by atoms with E-state index in [2.05, 4.69) is 10.4 Å². The average Bonchev–Trinajstić information content (AvgIpc) is 3.10. The lowest BCUT2D eigenvalue weighted by Gasteiger charge is -2.11. The van der Waals surface area contributed by atoms with Gasteiger partial charge in [0.1, 0.15) is 5.69 Å². The highest BCUT2D eigenvalue weighted by Crippen LogP contribution is 2.30. The van der Waals surface area contributed by atoms with Gasteiger partial charge in [0.05, 0.1) is 17.3 Å². The second-order valence-electron chi connectivity index (χ2n) is 4.86. The lowest BCUT2D eigenvalue weighted by Crippen LogP contribution is -2.27. The van der Waals surface area contributed by atoms with Crippen molar-refractivity contribution >= 4 is 17.3 Å². The number of halogens is 1. The predicted octanol–water partition coefficient (Wildman–Crippen LogP) is 1.49. The lowest BCUT2D eigenvalue weighted by atomic mass is 10.3. The van der Waals surface area contributed by atoms with Crippen LogP contribution in [0.3, 0.4) is 0 Å². The fraction of sp³-hybridized carbons (Fsp3) is 0.667. The van der Waals surface area contributed by atoms with Crippen LogP contribution in [0.4, 0.5) is 5.69 Å². The van der Waals surface area contributed by atoms with Gasteiger partial charge in [-0.2, -0.15) is 5.10 Å². The van der Waals surface area contributed by atoms with Crippen molar-refractivity contribution < 1.29 is 5.11 Å². The van der Waals surface area contributed by atoms with Crippen molar-refractivity contribution in [3.63, 3.8) is 0 Å². The van der Waals surface area contributed by atoms with E-state index in [0.717, 1.165) is 0 Å². The van der Waals surface area contributed by atoms with Crippen LogP contribution in [0.25, 0.3) is 0 Å². The van der Waals surface area contributed by atoms with E-state index in [4.69, 9.17) is 11.6 Å². The first-order valence-corrected chi connectivity index (χ1v) is 6.63. The highest BCUT2D eigenvalue weighted by Gasteiger charge is 2.23. The molecular weight excluding hydrogens is 254 g/mol. The van der Waals surface area contributed by atoms with Crippen molar-refractivity contribution in [2.75, 3.05) is 11.9 Å². The highest BCUT2D eigenvalue weighted by molar-refractivity contribution is 6.32. The zero-order valence-corrected chi connectivity index (χ0v) is 11.2. The molecule has 0 saturated heterocycles. The maximum atomic E-state index is 12.1.